The minimum Gasteiger partial charge on any atom is -0.468 e. The van der Waals surface area contributed by atoms with Crippen LogP contribution in [-0.2, 0) is 14.3 Å². The summed E-state index contributed by atoms with van der Waals surface area (Å²) in [6, 6.07) is -0.271. The van der Waals surface area contributed by atoms with Gasteiger partial charge < -0.3 is 14.8 Å². The quantitative estimate of drug-likeness (QED) is 0.605. The van der Waals surface area contributed by atoms with Gasteiger partial charge in [0.05, 0.1) is 13.2 Å². The predicted molar refractivity (Wildman–Crippen MR) is 46.0 cm³/mol. The molecule has 0 spiro atoms. The van der Waals surface area contributed by atoms with Crippen LogP contribution in [0.5, 0.6) is 0 Å². The summed E-state index contributed by atoms with van der Waals surface area (Å²) in [6.45, 7) is 4.33. The first-order valence-corrected chi connectivity index (χ1v) is 3.95. The van der Waals surface area contributed by atoms with E-state index in [1.54, 1.807) is 14.0 Å². The Morgan fingerprint density at radius 1 is 1.42 bits per heavy atom. The molecule has 0 aliphatic heterocycles. The first kappa shape index (κ1) is 11.4. The minimum absolute atomic E-state index is 0.108. The van der Waals surface area contributed by atoms with Gasteiger partial charge in [0.1, 0.15) is 6.04 Å². The van der Waals surface area contributed by atoms with E-state index in [0.29, 0.717) is 6.54 Å². The molecule has 0 amide bonds. The Labute approximate surface area is 73.2 Å². The third kappa shape index (κ3) is 4.31. The predicted octanol–water partition coefficient (Wildman–Crippen LogP) is 0.172. The molecule has 72 valence electrons. The van der Waals surface area contributed by atoms with Crippen molar-refractivity contribution in [3.8, 4) is 0 Å². The molecule has 12 heavy (non-hydrogen) atoms. The average molecular weight is 175 g/mol. The maximum atomic E-state index is 10.9. The lowest BCUT2D eigenvalue weighted by Gasteiger charge is -2.14. The van der Waals surface area contributed by atoms with Gasteiger partial charge in [-0.2, -0.15) is 0 Å². The monoisotopic (exact) mass is 175 g/mol. The van der Waals surface area contributed by atoms with E-state index in [1.165, 1.54) is 7.11 Å². The Kier molecular flexibility index (Phi) is 5.66. The highest BCUT2D eigenvalue weighted by atomic mass is 16.5. The van der Waals surface area contributed by atoms with Crippen LogP contribution in [0.15, 0.2) is 0 Å². The van der Waals surface area contributed by atoms with Crippen LogP contribution < -0.4 is 5.32 Å². The van der Waals surface area contributed by atoms with E-state index in [9.17, 15) is 4.79 Å². The smallest absolute Gasteiger partial charge is 0.322 e. The molecule has 1 N–H and O–H groups in total. The van der Waals surface area contributed by atoms with Crippen LogP contribution in [0.4, 0.5) is 0 Å². The van der Waals surface area contributed by atoms with Gasteiger partial charge in [0.25, 0.3) is 0 Å². The lowest BCUT2D eigenvalue weighted by atomic mass is 10.3. The molecular formula is C8H17NO3. The molecular weight excluding hydrogens is 158 g/mol. The number of hydrogen-bond acceptors (Lipinski definition) is 4. The van der Waals surface area contributed by atoms with Crippen LogP contribution >= 0.6 is 0 Å². The Morgan fingerprint density at radius 2 is 2.00 bits per heavy atom. The van der Waals surface area contributed by atoms with Gasteiger partial charge in [0.2, 0.25) is 0 Å². The number of carbonyl (C=O) groups is 1. The van der Waals surface area contributed by atoms with Gasteiger partial charge in [-0.1, -0.05) is 0 Å². The molecule has 0 saturated carbocycles. The van der Waals surface area contributed by atoms with Gasteiger partial charge in [-0.05, 0) is 13.8 Å². The van der Waals surface area contributed by atoms with E-state index in [1.807, 2.05) is 6.92 Å². The van der Waals surface area contributed by atoms with E-state index in [2.05, 4.69) is 10.1 Å². The van der Waals surface area contributed by atoms with E-state index in [0.717, 1.165) is 0 Å². The zero-order valence-electron chi connectivity index (χ0n) is 8.09. The number of hydrogen-bond donors (Lipinski definition) is 1. The molecule has 0 aromatic heterocycles. The summed E-state index contributed by atoms with van der Waals surface area (Å²) < 4.78 is 9.53. The third-order valence-corrected chi connectivity index (χ3v) is 1.67. The van der Waals surface area contributed by atoms with Crippen LogP contribution in [0.25, 0.3) is 0 Å². The summed E-state index contributed by atoms with van der Waals surface area (Å²) in [5.41, 5.74) is 0. The second-order valence-electron chi connectivity index (χ2n) is 2.70. The highest BCUT2D eigenvalue weighted by Gasteiger charge is 2.12. The highest BCUT2D eigenvalue weighted by Crippen LogP contribution is 1.89. The number of nitrogens with one attached hydrogen (secondary N) is 1. The molecule has 2 atom stereocenters. The summed E-state index contributed by atoms with van der Waals surface area (Å²) in [5, 5.41) is 2.98. The number of rotatable bonds is 5. The Bertz CT molecular complexity index is 138. The van der Waals surface area contributed by atoms with Crippen LogP contribution in [0, 0.1) is 0 Å². The van der Waals surface area contributed by atoms with Crippen LogP contribution in [-0.4, -0.2) is 38.9 Å². The molecule has 0 aliphatic rings. The number of methoxy groups -OCH3 is 2. The summed E-state index contributed by atoms with van der Waals surface area (Å²) in [5.74, 6) is -0.252. The van der Waals surface area contributed by atoms with Crippen LogP contribution in [0.3, 0.4) is 0 Å². The molecule has 4 nitrogen and oxygen atoms in total. The molecule has 0 heterocycles. The molecule has 4 heteroatoms. The first-order chi connectivity index (χ1) is 5.61. The van der Waals surface area contributed by atoms with Crippen LogP contribution in [0.1, 0.15) is 13.8 Å². The zero-order valence-corrected chi connectivity index (χ0v) is 8.09. The largest absolute Gasteiger partial charge is 0.468 e. The maximum Gasteiger partial charge on any atom is 0.322 e. The van der Waals surface area contributed by atoms with E-state index in [4.69, 9.17) is 4.74 Å². The van der Waals surface area contributed by atoms with E-state index >= 15 is 0 Å². The molecule has 0 rings (SSSR count). The van der Waals surface area contributed by atoms with Gasteiger partial charge >= 0.3 is 5.97 Å². The standard InChI is InChI=1S/C8H17NO3/c1-6(11-3)5-9-7(2)8(10)12-4/h6-7,9H,5H2,1-4H3. The van der Waals surface area contributed by atoms with Crippen molar-refractivity contribution in [1.82, 2.24) is 5.32 Å². The molecule has 2 unspecified atom stereocenters. The lowest BCUT2D eigenvalue weighted by Crippen LogP contribution is -2.39. The molecule has 0 aliphatic carbocycles. The Balaban J connectivity index is 3.56. The number of esters is 1. The minimum atomic E-state index is -0.271. The fourth-order valence-electron chi connectivity index (χ4n) is 0.686. The van der Waals surface area contributed by atoms with E-state index in [-0.39, 0.29) is 18.1 Å². The van der Waals surface area contributed by atoms with Crippen molar-refractivity contribution in [3.05, 3.63) is 0 Å². The Morgan fingerprint density at radius 3 is 2.42 bits per heavy atom. The topological polar surface area (TPSA) is 47.6 Å². The number of carbonyl (C=O) groups excluding carboxylic acids is 1. The maximum absolute atomic E-state index is 10.9. The van der Waals surface area contributed by atoms with Crippen LogP contribution in [0.2, 0.25) is 0 Å². The van der Waals surface area contributed by atoms with E-state index < -0.39 is 0 Å². The third-order valence-electron chi connectivity index (χ3n) is 1.67. The second kappa shape index (κ2) is 5.97. The van der Waals surface area contributed by atoms with Crippen molar-refractivity contribution in [3.63, 3.8) is 0 Å². The van der Waals surface area contributed by atoms with Gasteiger partial charge in [0, 0.05) is 13.7 Å². The molecule has 0 radical (unpaired) electrons. The fourth-order valence-corrected chi connectivity index (χ4v) is 0.686. The molecule has 0 aromatic carbocycles. The van der Waals surface area contributed by atoms with Gasteiger partial charge in [-0.25, -0.2) is 0 Å². The van der Waals surface area contributed by atoms with Crippen molar-refractivity contribution in [2.45, 2.75) is 26.0 Å². The summed E-state index contributed by atoms with van der Waals surface area (Å²) in [6.07, 6.45) is 0.108. The fraction of sp³-hybridized carbons (Fsp3) is 0.875. The first-order valence-electron chi connectivity index (χ1n) is 3.95. The molecule has 0 saturated heterocycles. The van der Waals surface area contributed by atoms with Gasteiger partial charge in [0.15, 0.2) is 0 Å². The zero-order chi connectivity index (χ0) is 9.56. The van der Waals surface area contributed by atoms with Crippen molar-refractivity contribution < 1.29 is 14.3 Å². The van der Waals surface area contributed by atoms with Gasteiger partial charge in [-0.15, -0.1) is 0 Å². The summed E-state index contributed by atoms with van der Waals surface area (Å²) >= 11 is 0. The molecule has 0 aromatic rings. The molecule has 0 fully saturated rings. The molecule has 0 bridgehead atoms. The van der Waals surface area contributed by atoms with Crippen molar-refractivity contribution in [2.24, 2.45) is 0 Å². The summed E-state index contributed by atoms with van der Waals surface area (Å²) in [7, 11) is 3.01. The normalized spacial score (nSPS) is 15.3. The van der Waals surface area contributed by atoms with Gasteiger partial charge in [-0.3, -0.25) is 4.79 Å². The average Bonchev–Trinajstić information content (AvgIpc) is 2.11. The summed E-state index contributed by atoms with van der Waals surface area (Å²) in [4.78, 5) is 10.9. The lowest BCUT2D eigenvalue weighted by molar-refractivity contribution is -0.142. The highest BCUT2D eigenvalue weighted by molar-refractivity contribution is 5.75. The van der Waals surface area contributed by atoms with Crippen molar-refractivity contribution in [1.29, 1.82) is 0 Å². The Hall–Kier alpha value is -0.610. The number of ether oxygens (including phenoxy) is 2. The van der Waals surface area contributed by atoms with Crippen molar-refractivity contribution in [2.75, 3.05) is 20.8 Å². The second-order valence-corrected chi connectivity index (χ2v) is 2.70. The SMILES string of the molecule is COC(=O)C(C)NCC(C)OC. The van der Waals surface area contributed by atoms with Crippen molar-refractivity contribution >= 4 is 5.97 Å².